The molecule has 0 rings (SSSR count). The topological polar surface area (TPSA) is 95.9 Å². The van der Waals surface area contributed by atoms with Crippen molar-refractivity contribution in [3.8, 4) is 0 Å². The summed E-state index contributed by atoms with van der Waals surface area (Å²) < 4.78 is 5.42. The smallest absolute Gasteiger partial charge is 0.305 e. The zero-order valence-corrected chi connectivity index (χ0v) is 32.4. The van der Waals surface area contributed by atoms with Gasteiger partial charge in [0.1, 0.15) is 0 Å². The molecule has 0 aromatic heterocycles. The monoisotopic (exact) mass is 692 g/mol. The SMILES string of the molecule is CCC/C=C\C/C=C\CCCCCCCC(=O)OCCCCCCCCCCCC(=O)NC(CO)C(O)CCCCCCCCCCCC. The van der Waals surface area contributed by atoms with Gasteiger partial charge in [-0.15, -0.1) is 0 Å². The van der Waals surface area contributed by atoms with Gasteiger partial charge in [-0.05, 0) is 51.4 Å². The number of amides is 1. The molecule has 288 valence electrons. The van der Waals surface area contributed by atoms with Crippen LogP contribution in [-0.4, -0.2) is 47.4 Å². The zero-order valence-electron chi connectivity index (χ0n) is 32.4. The minimum absolute atomic E-state index is 0.0415. The molecule has 0 radical (unpaired) electrons. The highest BCUT2D eigenvalue weighted by Crippen LogP contribution is 2.15. The Labute approximate surface area is 303 Å². The predicted molar refractivity (Wildman–Crippen MR) is 209 cm³/mol. The highest BCUT2D eigenvalue weighted by molar-refractivity contribution is 5.76. The maximum absolute atomic E-state index is 12.3. The quantitative estimate of drug-likeness (QED) is 0.0340. The van der Waals surface area contributed by atoms with Gasteiger partial charge in [-0.1, -0.05) is 173 Å². The van der Waals surface area contributed by atoms with Gasteiger partial charge in [-0.2, -0.15) is 0 Å². The first-order valence-electron chi connectivity index (χ1n) is 21.1. The molecule has 2 unspecified atom stereocenters. The van der Waals surface area contributed by atoms with Crippen LogP contribution in [-0.2, 0) is 14.3 Å². The van der Waals surface area contributed by atoms with Crippen molar-refractivity contribution in [3.05, 3.63) is 24.3 Å². The molecule has 0 aromatic rings. The molecule has 0 aliphatic carbocycles. The summed E-state index contributed by atoms with van der Waals surface area (Å²) in [6, 6.07) is -0.560. The molecule has 0 aliphatic heterocycles. The van der Waals surface area contributed by atoms with Crippen LogP contribution < -0.4 is 5.32 Å². The molecule has 49 heavy (non-hydrogen) atoms. The molecule has 3 N–H and O–H groups in total. The molecular weight excluding hydrogens is 610 g/mol. The summed E-state index contributed by atoms with van der Waals surface area (Å²) in [7, 11) is 0. The normalized spacial score (nSPS) is 13.0. The number of carbonyl (C=O) groups excluding carboxylic acids is 2. The highest BCUT2D eigenvalue weighted by Gasteiger charge is 2.20. The van der Waals surface area contributed by atoms with E-state index in [1.54, 1.807) is 0 Å². The van der Waals surface area contributed by atoms with E-state index in [-0.39, 0.29) is 18.5 Å². The summed E-state index contributed by atoms with van der Waals surface area (Å²) in [5.41, 5.74) is 0. The van der Waals surface area contributed by atoms with Crippen LogP contribution >= 0.6 is 0 Å². The van der Waals surface area contributed by atoms with Gasteiger partial charge < -0.3 is 20.3 Å². The molecule has 0 aliphatic rings. The lowest BCUT2D eigenvalue weighted by Crippen LogP contribution is -2.45. The fraction of sp³-hybridized carbons (Fsp3) is 0.860. The Morgan fingerprint density at radius 2 is 1.06 bits per heavy atom. The number of allylic oxidation sites excluding steroid dienone is 4. The standard InChI is InChI=1S/C43H81NO5/c1-3-5-7-9-11-13-15-16-17-21-25-29-33-37-43(48)49-38-34-30-26-22-18-20-24-28-32-36-42(47)44-40(39-45)41(46)35-31-27-23-19-14-12-10-8-6-4-2/h7,9,13,15,40-41,45-46H,3-6,8,10-12,14,16-39H2,1-2H3,(H,44,47)/b9-7-,15-13-. The Kier molecular flexibility index (Phi) is 37.8. The molecule has 0 fully saturated rings. The van der Waals surface area contributed by atoms with Gasteiger partial charge in [0, 0.05) is 12.8 Å². The Hall–Kier alpha value is -1.66. The van der Waals surface area contributed by atoms with E-state index in [1.165, 1.54) is 109 Å². The van der Waals surface area contributed by atoms with E-state index in [0.717, 1.165) is 70.6 Å². The Balaban J connectivity index is 3.51. The molecule has 2 atom stereocenters. The number of esters is 1. The van der Waals surface area contributed by atoms with Gasteiger partial charge in [0.05, 0.1) is 25.4 Å². The zero-order chi connectivity index (χ0) is 35.9. The number of hydrogen-bond donors (Lipinski definition) is 3. The van der Waals surface area contributed by atoms with Crippen molar-refractivity contribution >= 4 is 11.9 Å². The number of rotatable bonds is 38. The van der Waals surface area contributed by atoms with Crippen LogP contribution in [0.3, 0.4) is 0 Å². The van der Waals surface area contributed by atoms with Gasteiger partial charge >= 0.3 is 5.97 Å². The second-order valence-corrected chi connectivity index (χ2v) is 14.3. The van der Waals surface area contributed by atoms with Crippen LogP contribution in [0.1, 0.15) is 213 Å². The number of nitrogens with one attached hydrogen (secondary N) is 1. The van der Waals surface area contributed by atoms with E-state index in [4.69, 9.17) is 4.74 Å². The molecule has 0 aromatic carbocycles. The van der Waals surface area contributed by atoms with Crippen molar-refractivity contribution < 1.29 is 24.5 Å². The minimum Gasteiger partial charge on any atom is -0.466 e. The number of aliphatic hydroxyl groups is 2. The summed E-state index contributed by atoms with van der Waals surface area (Å²) in [6.07, 6.45) is 42.7. The number of hydrogen-bond acceptors (Lipinski definition) is 5. The minimum atomic E-state index is -0.680. The van der Waals surface area contributed by atoms with Crippen molar-refractivity contribution in [1.82, 2.24) is 5.32 Å². The van der Waals surface area contributed by atoms with E-state index in [0.29, 0.717) is 25.9 Å². The van der Waals surface area contributed by atoms with Gasteiger partial charge in [0.15, 0.2) is 0 Å². The lowest BCUT2D eigenvalue weighted by molar-refractivity contribution is -0.143. The van der Waals surface area contributed by atoms with Crippen molar-refractivity contribution in [2.75, 3.05) is 13.2 Å². The molecule has 1 amide bonds. The summed E-state index contributed by atoms with van der Waals surface area (Å²) in [5.74, 6) is -0.109. The average Bonchev–Trinajstić information content (AvgIpc) is 3.10. The maximum atomic E-state index is 12.3. The van der Waals surface area contributed by atoms with Crippen LogP contribution in [0.2, 0.25) is 0 Å². The van der Waals surface area contributed by atoms with Crippen molar-refractivity contribution in [2.24, 2.45) is 0 Å². The third-order valence-corrected chi connectivity index (χ3v) is 9.48. The molecule has 6 heteroatoms. The Morgan fingerprint density at radius 3 is 1.63 bits per heavy atom. The largest absolute Gasteiger partial charge is 0.466 e. The van der Waals surface area contributed by atoms with Gasteiger partial charge in [0.25, 0.3) is 0 Å². The van der Waals surface area contributed by atoms with Gasteiger partial charge in [0.2, 0.25) is 5.91 Å². The third-order valence-electron chi connectivity index (χ3n) is 9.48. The van der Waals surface area contributed by atoms with Crippen molar-refractivity contribution in [2.45, 2.75) is 225 Å². The van der Waals surface area contributed by atoms with E-state index in [2.05, 4.69) is 43.5 Å². The number of carbonyl (C=O) groups is 2. The summed E-state index contributed by atoms with van der Waals surface area (Å²) in [5, 5.41) is 23.0. The summed E-state index contributed by atoms with van der Waals surface area (Å²) >= 11 is 0. The second kappa shape index (κ2) is 39.1. The number of ether oxygens (including phenoxy) is 1. The highest BCUT2D eigenvalue weighted by atomic mass is 16.5. The second-order valence-electron chi connectivity index (χ2n) is 14.3. The van der Waals surface area contributed by atoms with Gasteiger partial charge in [-0.3, -0.25) is 9.59 Å². The van der Waals surface area contributed by atoms with E-state index in [9.17, 15) is 19.8 Å². The van der Waals surface area contributed by atoms with E-state index < -0.39 is 12.1 Å². The molecule has 0 bridgehead atoms. The van der Waals surface area contributed by atoms with Crippen LogP contribution in [0.15, 0.2) is 24.3 Å². The number of aliphatic hydroxyl groups excluding tert-OH is 2. The molecule has 0 heterocycles. The van der Waals surface area contributed by atoms with Crippen LogP contribution in [0.4, 0.5) is 0 Å². The van der Waals surface area contributed by atoms with Crippen molar-refractivity contribution in [1.29, 1.82) is 0 Å². The third kappa shape index (κ3) is 36.0. The first-order valence-corrected chi connectivity index (χ1v) is 21.1. The van der Waals surface area contributed by atoms with Gasteiger partial charge in [-0.25, -0.2) is 0 Å². The maximum Gasteiger partial charge on any atom is 0.305 e. The number of unbranched alkanes of at least 4 members (excludes halogenated alkanes) is 23. The molecule has 0 spiro atoms. The molecule has 0 saturated heterocycles. The van der Waals surface area contributed by atoms with Crippen LogP contribution in [0, 0.1) is 0 Å². The van der Waals surface area contributed by atoms with Crippen LogP contribution in [0.5, 0.6) is 0 Å². The molecule has 0 saturated carbocycles. The fourth-order valence-corrected chi connectivity index (χ4v) is 6.20. The summed E-state index contributed by atoms with van der Waals surface area (Å²) in [6.45, 7) is 4.78. The lowest BCUT2D eigenvalue weighted by Gasteiger charge is -2.22. The fourth-order valence-electron chi connectivity index (χ4n) is 6.20. The van der Waals surface area contributed by atoms with Crippen molar-refractivity contribution in [3.63, 3.8) is 0 Å². The predicted octanol–water partition coefficient (Wildman–Crippen LogP) is 11.6. The first kappa shape index (κ1) is 47.3. The van der Waals surface area contributed by atoms with E-state index in [1.807, 2.05) is 0 Å². The Morgan fingerprint density at radius 1 is 0.571 bits per heavy atom. The lowest BCUT2D eigenvalue weighted by atomic mass is 10.0. The van der Waals surface area contributed by atoms with Crippen LogP contribution in [0.25, 0.3) is 0 Å². The molecule has 6 nitrogen and oxygen atoms in total. The molecular formula is C43H81NO5. The van der Waals surface area contributed by atoms with E-state index >= 15 is 0 Å². The average molecular weight is 692 g/mol. The Bertz CT molecular complexity index is 767. The first-order chi connectivity index (χ1) is 24.0. The summed E-state index contributed by atoms with van der Waals surface area (Å²) in [4.78, 5) is 24.3.